The maximum absolute atomic E-state index is 13.1. The highest BCUT2D eigenvalue weighted by molar-refractivity contribution is 5.81. The van der Waals surface area contributed by atoms with Crippen LogP contribution in [-0.2, 0) is 13.0 Å². The number of halogens is 1. The van der Waals surface area contributed by atoms with E-state index in [2.05, 4.69) is 5.10 Å². The van der Waals surface area contributed by atoms with Crippen LogP contribution in [0, 0.1) is 5.82 Å². The molecule has 80 valence electrons. The number of nitrogens with zero attached hydrogens (tertiary/aromatic N) is 2. The van der Waals surface area contributed by atoms with Gasteiger partial charge in [0.05, 0.1) is 5.52 Å². The molecule has 0 spiro atoms. The fourth-order valence-corrected chi connectivity index (χ4v) is 1.79. The van der Waals surface area contributed by atoms with E-state index in [1.54, 1.807) is 10.7 Å². The Morgan fingerprint density at radius 1 is 1.47 bits per heavy atom. The second-order valence-electron chi connectivity index (χ2n) is 3.40. The third-order valence-corrected chi connectivity index (χ3v) is 2.46. The van der Waals surface area contributed by atoms with E-state index in [0.717, 1.165) is 23.1 Å². The number of aliphatic hydroxyl groups is 1. The second kappa shape index (κ2) is 3.98. The van der Waals surface area contributed by atoms with Crippen molar-refractivity contribution in [2.24, 2.45) is 0 Å². The van der Waals surface area contributed by atoms with E-state index >= 15 is 0 Å². The molecule has 1 aromatic carbocycles. The van der Waals surface area contributed by atoms with Gasteiger partial charge in [0.2, 0.25) is 0 Å². The van der Waals surface area contributed by atoms with Gasteiger partial charge in [0, 0.05) is 30.7 Å². The molecule has 0 atom stereocenters. The first-order valence-electron chi connectivity index (χ1n) is 5.02. The summed E-state index contributed by atoms with van der Waals surface area (Å²) in [5.74, 6) is -0.266. The average molecular weight is 208 g/mol. The van der Waals surface area contributed by atoms with Gasteiger partial charge in [-0.05, 0) is 25.1 Å². The predicted octanol–water partition coefficient (Wildman–Crippen LogP) is 1.73. The maximum Gasteiger partial charge on any atom is 0.124 e. The van der Waals surface area contributed by atoms with Crippen LogP contribution in [0.2, 0.25) is 0 Å². The largest absolute Gasteiger partial charge is 0.396 e. The summed E-state index contributed by atoms with van der Waals surface area (Å²) in [5.41, 5.74) is 1.68. The summed E-state index contributed by atoms with van der Waals surface area (Å²) in [5, 5.41) is 14.1. The molecule has 0 saturated carbocycles. The summed E-state index contributed by atoms with van der Waals surface area (Å²) in [6, 6.07) is 4.54. The van der Waals surface area contributed by atoms with Crippen LogP contribution in [0.1, 0.15) is 12.6 Å². The highest BCUT2D eigenvalue weighted by atomic mass is 19.1. The van der Waals surface area contributed by atoms with E-state index in [1.165, 1.54) is 12.1 Å². The van der Waals surface area contributed by atoms with Crippen molar-refractivity contribution in [1.82, 2.24) is 9.78 Å². The summed E-state index contributed by atoms with van der Waals surface area (Å²) in [6.45, 7) is 2.76. The minimum atomic E-state index is -0.266. The SMILES string of the molecule is CCn1nc2ccc(F)cc2c1CCO. The molecule has 4 heteroatoms. The molecule has 0 unspecified atom stereocenters. The Balaban J connectivity index is 2.65. The Morgan fingerprint density at radius 3 is 2.93 bits per heavy atom. The first-order valence-corrected chi connectivity index (χ1v) is 5.02. The Bertz CT molecular complexity index is 479. The molecule has 0 aliphatic carbocycles. The van der Waals surface area contributed by atoms with Crippen molar-refractivity contribution in [3.8, 4) is 0 Å². The van der Waals surface area contributed by atoms with Crippen molar-refractivity contribution < 1.29 is 9.50 Å². The van der Waals surface area contributed by atoms with Gasteiger partial charge >= 0.3 is 0 Å². The average Bonchev–Trinajstić information content (AvgIpc) is 2.57. The van der Waals surface area contributed by atoms with Crippen molar-refractivity contribution in [3.05, 3.63) is 29.7 Å². The third kappa shape index (κ3) is 1.72. The quantitative estimate of drug-likeness (QED) is 0.834. The predicted molar refractivity (Wildman–Crippen MR) is 56.2 cm³/mol. The maximum atomic E-state index is 13.1. The number of hydrogen-bond acceptors (Lipinski definition) is 2. The van der Waals surface area contributed by atoms with Gasteiger partial charge in [-0.15, -0.1) is 0 Å². The highest BCUT2D eigenvalue weighted by Crippen LogP contribution is 2.20. The molecular formula is C11H13FN2O. The topological polar surface area (TPSA) is 38.0 Å². The fourth-order valence-electron chi connectivity index (χ4n) is 1.79. The minimum absolute atomic E-state index is 0.0529. The number of fused-ring (bicyclic) bond motifs is 1. The van der Waals surface area contributed by atoms with E-state index < -0.39 is 0 Å². The van der Waals surface area contributed by atoms with Gasteiger partial charge in [0.15, 0.2) is 0 Å². The first kappa shape index (κ1) is 10.1. The third-order valence-electron chi connectivity index (χ3n) is 2.46. The van der Waals surface area contributed by atoms with Gasteiger partial charge in [-0.25, -0.2) is 4.39 Å². The lowest BCUT2D eigenvalue weighted by molar-refractivity contribution is 0.296. The lowest BCUT2D eigenvalue weighted by Crippen LogP contribution is -2.04. The van der Waals surface area contributed by atoms with Gasteiger partial charge in [-0.2, -0.15) is 5.10 Å². The van der Waals surface area contributed by atoms with Crippen LogP contribution in [0.4, 0.5) is 4.39 Å². The molecule has 2 rings (SSSR count). The van der Waals surface area contributed by atoms with Crippen molar-refractivity contribution in [2.75, 3.05) is 6.61 Å². The van der Waals surface area contributed by atoms with Crippen molar-refractivity contribution in [1.29, 1.82) is 0 Å². The van der Waals surface area contributed by atoms with Gasteiger partial charge < -0.3 is 5.11 Å². The molecule has 0 aliphatic heterocycles. The first-order chi connectivity index (χ1) is 7.26. The van der Waals surface area contributed by atoms with Crippen LogP contribution in [0.3, 0.4) is 0 Å². The normalized spacial score (nSPS) is 11.1. The lowest BCUT2D eigenvalue weighted by Gasteiger charge is -2.02. The molecule has 0 amide bonds. The van der Waals surface area contributed by atoms with Crippen LogP contribution < -0.4 is 0 Å². The summed E-state index contributed by atoms with van der Waals surface area (Å²) in [6.07, 6.45) is 0.508. The second-order valence-corrected chi connectivity index (χ2v) is 3.40. The highest BCUT2D eigenvalue weighted by Gasteiger charge is 2.10. The van der Waals surface area contributed by atoms with E-state index in [-0.39, 0.29) is 12.4 Å². The summed E-state index contributed by atoms with van der Waals surface area (Å²) >= 11 is 0. The van der Waals surface area contributed by atoms with Crippen molar-refractivity contribution in [3.63, 3.8) is 0 Å². The van der Waals surface area contributed by atoms with Crippen LogP contribution in [0.25, 0.3) is 10.9 Å². The lowest BCUT2D eigenvalue weighted by atomic mass is 10.1. The molecule has 1 N–H and O–H groups in total. The zero-order valence-electron chi connectivity index (χ0n) is 8.57. The molecule has 0 bridgehead atoms. The van der Waals surface area contributed by atoms with Crippen LogP contribution in [0.15, 0.2) is 18.2 Å². The molecule has 0 saturated heterocycles. The monoisotopic (exact) mass is 208 g/mol. The summed E-state index contributed by atoms with van der Waals surface area (Å²) < 4.78 is 14.9. The molecule has 0 fully saturated rings. The van der Waals surface area contributed by atoms with Gasteiger partial charge in [-0.3, -0.25) is 4.68 Å². The smallest absolute Gasteiger partial charge is 0.124 e. The molecule has 15 heavy (non-hydrogen) atoms. The van der Waals surface area contributed by atoms with Gasteiger partial charge in [0.25, 0.3) is 0 Å². The number of aromatic nitrogens is 2. The molecule has 1 aromatic heterocycles. The molecule has 3 nitrogen and oxygen atoms in total. The minimum Gasteiger partial charge on any atom is -0.396 e. The van der Waals surface area contributed by atoms with E-state index in [4.69, 9.17) is 5.11 Å². The molecule has 0 aliphatic rings. The zero-order chi connectivity index (χ0) is 10.8. The van der Waals surface area contributed by atoms with E-state index in [9.17, 15) is 4.39 Å². The van der Waals surface area contributed by atoms with E-state index in [0.29, 0.717) is 6.42 Å². The number of hydrogen-bond donors (Lipinski definition) is 1. The molecule has 1 heterocycles. The van der Waals surface area contributed by atoms with Gasteiger partial charge in [0.1, 0.15) is 5.82 Å². The fraction of sp³-hybridized carbons (Fsp3) is 0.364. The Morgan fingerprint density at radius 2 is 2.27 bits per heavy atom. The van der Waals surface area contributed by atoms with E-state index in [1.807, 2.05) is 6.92 Å². The number of rotatable bonds is 3. The van der Waals surface area contributed by atoms with Crippen LogP contribution in [0.5, 0.6) is 0 Å². The van der Waals surface area contributed by atoms with Crippen LogP contribution >= 0.6 is 0 Å². The number of aryl methyl sites for hydroxylation is 1. The molecule has 2 aromatic rings. The molecule has 0 radical (unpaired) electrons. The van der Waals surface area contributed by atoms with Gasteiger partial charge in [-0.1, -0.05) is 0 Å². The standard InChI is InChI=1S/C11H13FN2O/c1-2-14-11(5-6-15)9-7-8(12)3-4-10(9)13-14/h3-4,7,15H,2,5-6H2,1H3. The van der Waals surface area contributed by atoms with Crippen LogP contribution in [-0.4, -0.2) is 21.5 Å². The van der Waals surface area contributed by atoms with Crippen molar-refractivity contribution in [2.45, 2.75) is 19.9 Å². The zero-order valence-corrected chi connectivity index (χ0v) is 8.57. The molecular weight excluding hydrogens is 195 g/mol. The Labute approximate surface area is 87.1 Å². The Kier molecular flexibility index (Phi) is 2.68. The number of benzene rings is 1. The summed E-state index contributed by atoms with van der Waals surface area (Å²) in [4.78, 5) is 0. The number of aliphatic hydroxyl groups excluding tert-OH is 1. The summed E-state index contributed by atoms with van der Waals surface area (Å²) in [7, 11) is 0. The Hall–Kier alpha value is -1.42. The van der Waals surface area contributed by atoms with Crippen molar-refractivity contribution >= 4 is 10.9 Å².